The number of para-hydroxylation sites is 1. The Balaban J connectivity index is 1.29. The van der Waals surface area contributed by atoms with Gasteiger partial charge in [-0.2, -0.15) is 0 Å². The van der Waals surface area contributed by atoms with Crippen LogP contribution in [0.3, 0.4) is 0 Å². The Hall–Kier alpha value is -4.02. The first kappa shape index (κ1) is 26.2. The van der Waals surface area contributed by atoms with E-state index >= 15 is 0 Å². The van der Waals surface area contributed by atoms with E-state index in [-0.39, 0.29) is 30.5 Å². The van der Waals surface area contributed by atoms with Gasteiger partial charge in [-0.1, -0.05) is 66.7 Å². The Kier molecular flexibility index (Phi) is 7.36. The largest absolute Gasteiger partial charge is 0.444 e. The summed E-state index contributed by atoms with van der Waals surface area (Å²) in [4.78, 5) is 55.6. The topological polar surface area (TPSA) is 94.9 Å². The first-order valence-corrected chi connectivity index (χ1v) is 14.7. The first-order valence-electron chi connectivity index (χ1n) is 12.8. The molecule has 10 heteroatoms. The number of amides is 2. The van der Waals surface area contributed by atoms with Crippen molar-refractivity contribution in [2.75, 3.05) is 5.75 Å². The van der Waals surface area contributed by atoms with Gasteiger partial charge in [0.05, 0.1) is 22.2 Å². The van der Waals surface area contributed by atoms with Crippen LogP contribution in [-0.4, -0.2) is 39.3 Å². The minimum atomic E-state index is -0.635. The molecule has 3 heterocycles. The molecule has 0 N–H and O–H groups in total. The van der Waals surface area contributed by atoms with Gasteiger partial charge < -0.3 is 9.57 Å². The Morgan fingerprint density at radius 1 is 0.900 bits per heavy atom. The maximum Gasteiger partial charge on any atom is 0.419 e. The summed E-state index contributed by atoms with van der Waals surface area (Å²) in [6, 6.07) is 25.2. The van der Waals surface area contributed by atoms with E-state index in [0.717, 1.165) is 38.2 Å². The molecule has 2 amide bonds. The lowest BCUT2D eigenvalue weighted by molar-refractivity contribution is -0.197. The van der Waals surface area contributed by atoms with Crippen LogP contribution in [0.4, 0.5) is 4.79 Å². The average molecular weight is 573 g/mol. The Bertz CT molecular complexity index is 1620. The third kappa shape index (κ3) is 5.00. The lowest BCUT2D eigenvalue weighted by Gasteiger charge is -2.26. The number of hydroxylamine groups is 2. The van der Waals surface area contributed by atoms with E-state index in [1.807, 2.05) is 78.9 Å². The molecule has 2 aliphatic heterocycles. The van der Waals surface area contributed by atoms with Crippen LogP contribution in [0.25, 0.3) is 22.2 Å². The van der Waals surface area contributed by atoms with Gasteiger partial charge in [-0.25, -0.2) is 14.2 Å². The third-order valence-electron chi connectivity index (χ3n) is 6.69. The highest BCUT2D eigenvalue weighted by Crippen LogP contribution is 2.56. The molecule has 202 valence electrons. The normalized spacial score (nSPS) is 16.1. The van der Waals surface area contributed by atoms with Crippen LogP contribution in [0.2, 0.25) is 0 Å². The second kappa shape index (κ2) is 11.2. The van der Waals surface area contributed by atoms with Gasteiger partial charge in [0.15, 0.2) is 0 Å². The predicted molar refractivity (Wildman–Crippen MR) is 152 cm³/mol. The maximum absolute atomic E-state index is 13.6. The van der Waals surface area contributed by atoms with E-state index in [2.05, 4.69) is 0 Å². The van der Waals surface area contributed by atoms with Crippen molar-refractivity contribution in [3.63, 3.8) is 0 Å². The minimum Gasteiger partial charge on any atom is -0.444 e. The molecule has 1 atom stereocenters. The van der Waals surface area contributed by atoms with E-state index in [1.165, 1.54) is 0 Å². The molecule has 0 bridgehead atoms. The molecule has 0 spiro atoms. The maximum atomic E-state index is 13.6. The quantitative estimate of drug-likeness (QED) is 0.237. The van der Waals surface area contributed by atoms with Gasteiger partial charge >= 0.3 is 12.1 Å². The van der Waals surface area contributed by atoms with Crippen molar-refractivity contribution < 1.29 is 28.8 Å². The number of hydrogen-bond donors (Lipinski definition) is 0. The van der Waals surface area contributed by atoms with Crippen LogP contribution in [-0.2, 0) is 30.6 Å². The zero-order valence-corrected chi connectivity index (χ0v) is 22.9. The number of nitrogens with zero attached hydrogens (tertiary/aromatic N) is 2. The van der Waals surface area contributed by atoms with Crippen molar-refractivity contribution in [2.45, 2.75) is 35.3 Å². The highest BCUT2D eigenvalue weighted by molar-refractivity contribution is 8.16. The van der Waals surface area contributed by atoms with Gasteiger partial charge in [-0.15, -0.1) is 28.6 Å². The van der Waals surface area contributed by atoms with Crippen molar-refractivity contribution >= 4 is 58.3 Å². The molecule has 0 aliphatic carbocycles. The SMILES string of the molecule is O=C(CCSC1Sc2ccccc2-c2c1c1ccccc1n2C(=O)OCc1ccccc1)ON1C(=O)CCC1=O. The summed E-state index contributed by atoms with van der Waals surface area (Å²) < 4.78 is 7.31. The van der Waals surface area contributed by atoms with E-state index < -0.39 is 23.9 Å². The first-order chi connectivity index (χ1) is 19.5. The fourth-order valence-corrected chi connectivity index (χ4v) is 7.67. The zero-order valence-electron chi connectivity index (χ0n) is 21.3. The number of imide groups is 1. The van der Waals surface area contributed by atoms with Crippen LogP contribution in [0.5, 0.6) is 0 Å². The summed E-state index contributed by atoms with van der Waals surface area (Å²) >= 11 is 3.21. The number of carbonyl (C=O) groups excluding carboxylic acids is 4. The minimum absolute atomic E-state index is 0.0214. The van der Waals surface area contributed by atoms with Gasteiger partial charge in [0.2, 0.25) is 0 Å². The van der Waals surface area contributed by atoms with Gasteiger partial charge in [0.1, 0.15) is 6.61 Å². The standard InChI is InChI=1S/C30H24N2O6S2/c33-24-14-15-25(34)32(24)38-26(35)16-17-39-29-27-20-10-4-6-12-22(20)31(28(27)21-11-5-7-13-23(21)40-29)30(36)37-18-19-8-2-1-3-9-19/h1-13,29H,14-18H2. The molecular weight excluding hydrogens is 548 g/mol. The van der Waals surface area contributed by atoms with Gasteiger partial charge in [-0.3, -0.25) is 9.59 Å². The molecule has 1 saturated heterocycles. The summed E-state index contributed by atoms with van der Waals surface area (Å²) in [7, 11) is 0. The van der Waals surface area contributed by atoms with Crippen LogP contribution >= 0.6 is 23.5 Å². The van der Waals surface area contributed by atoms with E-state index in [0.29, 0.717) is 10.8 Å². The molecule has 40 heavy (non-hydrogen) atoms. The van der Waals surface area contributed by atoms with Crippen LogP contribution in [0, 0.1) is 0 Å². The summed E-state index contributed by atoms with van der Waals surface area (Å²) in [6.45, 7) is 0.152. The zero-order chi connectivity index (χ0) is 27.6. The molecule has 1 fully saturated rings. The number of aromatic nitrogens is 1. The lowest BCUT2D eigenvalue weighted by Crippen LogP contribution is -2.32. The molecule has 0 radical (unpaired) electrons. The monoisotopic (exact) mass is 572 g/mol. The van der Waals surface area contributed by atoms with Crippen LogP contribution < -0.4 is 0 Å². The molecule has 3 aromatic carbocycles. The molecule has 1 unspecified atom stereocenters. The van der Waals surface area contributed by atoms with Gasteiger partial charge in [0.25, 0.3) is 11.8 Å². The van der Waals surface area contributed by atoms with Crippen molar-refractivity contribution in [3.05, 3.63) is 90.0 Å². The predicted octanol–water partition coefficient (Wildman–Crippen LogP) is 6.33. The molecule has 2 aliphatic rings. The smallest absolute Gasteiger partial charge is 0.419 e. The Labute approximate surface area is 238 Å². The number of thioether (sulfide) groups is 2. The molecule has 4 aromatic rings. The van der Waals surface area contributed by atoms with Crippen molar-refractivity contribution in [2.24, 2.45) is 0 Å². The number of carbonyl (C=O) groups is 4. The molecule has 8 nitrogen and oxygen atoms in total. The van der Waals surface area contributed by atoms with Gasteiger partial charge in [0, 0.05) is 40.0 Å². The number of fused-ring (bicyclic) bond motifs is 5. The van der Waals surface area contributed by atoms with E-state index in [4.69, 9.17) is 9.57 Å². The van der Waals surface area contributed by atoms with Crippen molar-refractivity contribution in [3.8, 4) is 11.3 Å². The number of rotatable bonds is 7. The Morgan fingerprint density at radius 2 is 1.60 bits per heavy atom. The van der Waals surface area contributed by atoms with Crippen molar-refractivity contribution in [1.29, 1.82) is 0 Å². The summed E-state index contributed by atoms with van der Waals surface area (Å²) in [6.07, 6.45) is -0.331. The van der Waals surface area contributed by atoms with Gasteiger partial charge in [-0.05, 0) is 17.7 Å². The summed E-state index contributed by atoms with van der Waals surface area (Å²) in [5.74, 6) is -1.24. The number of hydrogen-bond acceptors (Lipinski definition) is 8. The third-order valence-corrected chi connectivity index (χ3v) is 9.42. The molecular formula is C30H24N2O6S2. The van der Waals surface area contributed by atoms with Crippen molar-refractivity contribution in [1.82, 2.24) is 9.63 Å². The average Bonchev–Trinajstić information content (AvgIpc) is 3.49. The highest BCUT2D eigenvalue weighted by Gasteiger charge is 2.35. The number of benzene rings is 3. The lowest BCUT2D eigenvalue weighted by atomic mass is 10.1. The van der Waals surface area contributed by atoms with Crippen LogP contribution in [0.1, 0.15) is 35.0 Å². The fraction of sp³-hybridized carbons (Fsp3) is 0.200. The number of ether oxygens (including phenoxy) is 1. The fourth-order valence-electron chi connectivity index (χ4n) is 4.85. The van der Waals surface area contributed by atoms with E-state index in [9.17, 15) is 19.2 Å². The van der Waals surface area contributed by atoms with E-state index in [1.54, 1.807) is 28.1 Å². The molecule has 6 rings (SSSR count). The second-order valence-corrected chi connectivity index (χ2v) is 11.9. The summed E-state index contributed by atoms with van der Waals surface area (Å²) in [5.41, 5.74) is 4.35. The van der Waals surface area contributed by atoms with Crippen LogP contribution in [0.15, 0.2) is 83.8 Å². The Morgan fingerprint density at radius 3 is 2.40 bits per heavy atom. The molecule has 1 aromatic heterocycles. The second-order valence-electron chi connectivity index (χ2n) is 9.27. The summed E-state index contributed by atoms with van der Waals surface area (Å²) in [5, 5.41) is 1.51. The highest BCUT2D eigenvalue weighted by atomic mass is 32.2. The molecule has 0 saturated carbocycles.